The lowest BCUT2D eigenvalue weighted by Crippen LogP contribution is -2.35. The van der Waals surface area contributed by atoms with E-state index >= 15 is 0 Å². The molecule has 28 heavy (non-hydrogen) atoms. The second-order valence-electron chi connectivity index (χ2n) is 7.02. The summed E-state index contributed by atoms with van der Waals surface area (Å²) in [5, 5.41) is 0. The second-order valence-corrected chi connectivity index (χ2v) is 8.30. The van der Waals surface area contributed by atoms with Gasteiger partial charge in [0.05, 0.1) is 12.0 Å². The molecule has 0 radical (unpaired) electrons. The van der Waals surface area contributed by atoms with Crippen molar-refractivity contribution < 1.29 is 19.1 Å². The van der Waals surface area contributed by atoms with Gasteiger partial charge < -0.3 is 9.64 Å². The third-order valence-corrected chi connectivity index (χ3v) is 6.01. The van der Waals surface area contributed by atoms with Crippen molar-refractivity contribution in [2.24, 2.45) is 0 Å². The van der Waals surface area contributed by atoms with E-state index in [9.17, 15) is 14.4 Å². The summed E-state index contributed by atoms with van der Waals surface area (Å²) in [4.78, 5) is 40.5. The largest absolute Gasteiger partial charge is 0.497 e. The van der Waals surface area contributed by atoms with Gasteiger partial charge in [0.25, 0.3) is 0 Å². The Morgan fingerprint density at radius 3 is 2.57 bits per heavy atom. The quantitative estimate of drug-likeness (QED) is 0.619. The van der Waals surface area contributed by atoms with E-state index in [1.807, 2.05) is 31.2 Å². The van der Waals surface area contributed by atoms with Crippen LogP contribution in [0.3, 0.4) is 0 Å². The first-order chi connectivity index (χ1) is 13.5. The van der Waals surface area contributed by atoms with E-state index in [0.717, 1.165) is 34.7 Å². The molecule has 0 aliphatic carbocycles. The minimum Gasteiger partial charge on any atom is -0.497 e. The van der Waals surface area contributed by atoms with Crippen LogP contribution in [0.5, 0.6) is 5.75 Å². The van der Waals surface area contributed by atoms with Crippen LogP contribution in [-0.4, -0.2) is 31.1 Å². The molecule has 5 nitrogen and oxygen atoms in total. The van der Waals surface area contributed by atoms with Gasteiger partial charge in [0, 0.05) is 42.8 Å². The van der Waals surface area contributed by atoms with Crippen LogP contribution in [0.2, 0.25) is 0 Å². The lowest BCUT2D eigenvalue weighted by Gasteiger charge is -2.29. The molecule has 148 valence electrons. The average Bonchev–Trinajstić information content (AvgIpc) is 3.15. The molecule has 1 amide bonds. The Balaban J connectivity index is 1.50. The number of aryl methyl sites for hydroxylation is 2. The highest BCUT2D eigenvalue weighted by molar-refractivity contribution is 7.14. The third kappa shape index (κ3) is 4.87. The minimum atomic E-state index is -0.0420. The van der Waals surface area contributed by atoms with Crippen molar-refractivity contribution in [3.8, 4) is 5.75 Å². The van der Waals surface area contributed by atoms with Gasteiger partial charge in [-0.2, -0.15) is 0 Å². The number of fused-ring (bicyclic) bond motifs is 1. The zero-order valence-corrected chi connectivity index (χ0v) is 17.1. The Labute approximate surface area is 169 Å². The highest BCUT2D eigenvalue weighted by Crippen LogP contribution is 2.31. The van der Waals surface area contributed by atoms with Gasteiger partial charge in [0.2, 0.25) is 5.91 Å². The molecule has 1 aromatic carbocycles. The molecule has 0 unspecified atom stereocenters. The summed E-state index contributed by atoms with van der Waals surface area (Å²) in [7, 11) is 1.63. The number of rotatable bonds is 8. The summed E-state index contributed by atoms with van der Waals surface area (Å²) in [6.07, 6.45) is 2.57. The number of Topliss-reactive ketones (excluding diaryl/α,β-unsaturated/α-hetero) is 2. The monoisotopic (exact) mass is 399 g/mol. The molecular weight excluding hydrogens is 374 g/mol. The smallest absolute Gasteiger partial charge is 0.227 e. The van der Waals surface area contributed by atoms with Gasteiger partial charge >= 0.3 is 0 Å². The van der Waals surface area contributed by atoms with Crippen molar-refractivity contribution in [1.82, 2.24) is 0 Å². The maximum atomic E-state index is 12.7. The maximum absolute atomic E-state index is 12.7. The lowest BCUT2D eigenvalue weighted by molar-refractivity contribution is -0.124. The highest BCUT2D eigenvalue weighted by Gasteiger charge is 2.23. The lowest BCUT2D eigenvalue weighted by atomic mass is 10.0. The molecule has 1 aromatic heterocycles. The van der Waals surface area contributed by atoms with Crippen molar-refractivity contribution in [3.05, 3.63) is 45.6 Å². The molecule has 0 bridgehead atoms. The summed E-state index contributed by atoms with van der Waals surface area (Å²) in [6, 6.07) is 9.45. The number of amides is 1. The van der Waals surface area contributed by atoms with E-state index in [-0.39, 0.29) is 43.2 Å². The first kappa shape index (κ1) is 20.3. The predicted molar refractivity (Wildman–Crippen MR) is 111 cm³/mol. The van der Waals surface area contributed by atoms with Gasteiger partial charge in [-0.25, -0.2) is 0 Å². The molecule has 6 heteroatoms. The van der Waals surface area contributed by atoms with Crippen LogP contribution < -0.4 is 9.64 Å². The van der Waals surface area contributed by atoms with Crippen molar-refractivity contribution >= 4 is 34.5 Å². The van der Waals surface area contributed by atoms with E-state index in [0.29, 0.717) is 11.4 Å². The Hall–Kier alpha value is -2.47. The maximum Gasteiger partial charge on any atom is 0.227 e. The van der Waals surface area contributed by atoms with E-state index in [2.05, 4.69) is 0 Å². The van der Waals surface area contributed by atoms with Gasteiger partial charge in [-0.15, -0.1) is 11.3 Å². The SMILES string of the molecule is COc1ccc2c(c1)CCCN2C(=O)CCC(=O)CCC(=O)c1ccc(C)s1. The van der Waals surface area contributed by atoms with Crippen molar-refractivity contribution in [2.75, 3.05) is 18.6 Å². The molecule has 0 fully saturated rings. The molecule has 0 saturated carbocycles. The van der Waals surface area contributed by atoms with Gasteiger partial charge in [-0.3, -0.25) is 14.4 Å². The van der Waals surface area contributed by atoms with Crippen LogP contribution in [-0.2, 0) is 16.0 Å². The van der Waals surface area contributed by atoms with E-state index in [1.165, 1.54) is 11.3 Å². The molecule has 0 N–H and O–H groups in total. The zero-order chi connectivity index (χ0) is 20.1. The third-order valence-electron chi connectivity index (χ3n) is 4.97. The van der Waals surface area contributed by atoms with Crippen molar-refractivity contribution in [3.63, 3.8) is 0 Å². The fraction of sp³-hybridized carbons (Fsp3) is 0.409. The number of methoxy groups -OCH3 is 1. The summed E-state index contributed by atoms with van der Waals surface area (Å²) >= 11 is 1.45. The fourth-order valence-corrected chi connectivity index (χ4v) is 4.26. The average molecular weight is 400 g/mol. The number of hydrogen-bond acceptors (Lipinski definition) is 5. The Bertz CT molecular complexity index is 886. The number of carbonyl (C=O) groups excluding carboxylic acids is 3. The Kier molecular flexibility index (Phi) is 6.62. The molecule has 0 saturated heterocycles. The van der Waals surface area contributed by atoms with Gasteiger partial charge in [-0.05, 0) is 55.7 Å². The standard InChI is InChI=1S/C22H25NO4S/c1-15-5-11-21(28-15)20(25)10-6-17(24)7-12-22(26)23-13-3-4-16-14-18(27-2)8-9-19(16)23/h5,8-9,11,14H,3-4,6-7,10,12-13H2,1-2H3. The number of anilines is 1. The topological polar surface area (TPSA) is 63.7 Å². The summed E-state index contributed by atoms with van der Waals surface area (Å²) < 4.78 is 5.26. The Morgan fingerprint density at radius 2 is 1.86 bits per heavy atom. The van der Waals surface area contributed by atoms with Crippen LogP contribution in [0.25, 0.3) is 0 Å². The molecule has 1 aliphatic rings. The first-order valence-electron chi connectivity index (χ1n) is 9.56. The van der Waals surface area contributed by atoms with Gasteiger partial charge in [-0.1, -0.05) is 0 Å². The van der Waals surface area contributed by atoms with E-state index in [1.54, 1.807) is 18.1 Å². The molecular formula is C22H25NO4S. The summed E-state index contributed by atoms with van der Waals surface area (Å²) in [5.41, 5.74) is 2.01. The predicted octanol–water partition coefficient (Wildman–Crippen LogP) is 4.36. The van der Waals surface area contributed by atoms with Crippen molar-refractivity contribution in [2.45, 2.75) is 45.4 Å². The second kappa shape index (κ2) is 9.15. The van der Waals surface area contributed by atoms with Crippen LogP contribution in [0.1, 0.15) is 52.2 Å². The number of ketones is 2. The fourth-order valence-electron chi connectivity index (χ4n) is 3.43. The molecule has 0 spiro atoms. The van der Waals surface area contributed by atoms with Gasteiger partial charge in [0.1, 0.15) is 11.5 Å². The number of hydrogen-bond donors (Lipinski definition) is 0. The Morgan fingerprint density at radius 1 is 1.07 bits per heavy atom. The minimum absolute atomic E-state index is 0.00307. The molecule has 1 aliphatic heterocycles. The van der Waals surface area contributed by atoms with Crippen LogP contribution in [0.4, 0.5) is 5.69 Å². The molecule has 2 aromatic rings. The van der Waals surface area contributed by atoms with Crippen LogP contribution in [0, 0.1) is 6.92 Å². The number of carbonyl (C=O) groups is 3. The summed E-state index contributed by atoms with van der Waals surface area (Å²) in [6.45, 7) is 2.62. The molecule has 3 rings (SSSR count). The van der Waals surface area contributed by atoms with Crippen molar-refractivity contribution in [1.29, 1.82) is 0 Å². The van der Waals surface area contributed by atoms with Crippen LogP contribution in [0.15, 0.2) is 30.3 Å². The molecule has 0 atom stereocenters. The number of nitrogens with zero attached hydrogens (tertiary/aromatic N) is 1. The summed E-state index contributed by atoms with van der Waals surface area (Å²) in [5.74, 6) is 0.701. The number of ether oxygens (including phenoxy) is 1. The van der Waals surface area contributed by atoms with Gasteiger partial charge in [0.15, 0.2) is 5.78 Å². The normalized spacial score (nSPS) is 13.1. The van der Waals surface area contributed by atoms with E-state index in [4.69, 9.17) is 4.74 Å². The molecule has 2 heterocycles. The first-order valence-corrected chi connectivity index (χ1v) is 10.4. The van der Waals surface area contributed by atoms with Crippen LogP contribution >= 0.6 is 11.3 Å². The number of benzene rings is 1. The zero-order valence-electron chi connectivity index (χ0n) is 16.3. The van der Waals surface area contributed by atoms with E-state index < -0.39 is 0 Å². The number of thiophene rings is 1. The highest BCUT2D eigenvalue weighted by atomic mass is 32.1.